The van der Waals surface area contributed by atoms with Gasteiger partial charge >= 0.3 is 0 Å². The van der Waals surface area contributed by atoms with E-state index in [2.05, 4.69) is 20.4 Å². The summed E-state index contributed by atoms with van der Waals surface area (Å²) >= 11 is 0. The van der Waals surface area contributed by atoms with Crippen molar-refractivity contribution < 1.29 is 19.3 Å². The molecule has 0 aromatic heterocycles. The first-order chi connectivity index (χ1) is 14.7. The highest BCUT2D eigenvalue weighted by Crippen LogP contribution is 2.28. The van der Waals surface area contributed by atoms with Crippen LogP contribution in [0.3, 0.4) is 0 Å². The van der Waals surface area contributed by atoms with Crippen molar-refractivity contribution in [2.45, 2.75) is 81.6 Å². The number of alkyl halides is 1. The van der Waals surface area contributed by atoms with E-state index in [1.165, 1.54) is 19.3 Å². The average molecular weight is 429 g/mol. The predicted octanol–water partition coefficient (Wildman–Crippen LogP) is 0.311. The molecule has 5 unspecified atom stereocenters. The van der Waals surface area contributed by atoms with E-state index in [1.807, 2.05) is 0 Å². The van der Waals surface area contributed by atoms with Gasteiger partial charge in [-0.05, 0) is 64.0 Å². The second-order valence-electron chi connectivity index (χ2n) is 9.69. The zero-order valence-corrected chi connectivity index (χ0v) is 18.2. The molecule has 0 aromatic rings. The van der Waals surface area contributed by atoms with Gasteiger partial charge in [-0.2, -0.15) is 0 Å². The summed E-state index contributed by atoms with van der Waals surface area (Å²) in [6.45, 7) is 6.32. The van der Waals surface area contributed by atoms with Crippen molar-refractivity contribution in [2.24, 2.45) is 5.92 Å². The summed E-state index contributed by atoms with van der Waals surface area (Å²) < 4.78 is 19.4. The standard InChI is InChI=1S/C22H41FN4O3/c23-17-6-4-16(5-7-17)13-24-14-18-21(22(29)19(15-28)30-18)27-11-9-26(10-12-27)20-3-1-2-8-25-20/h16-22,24-25,28-29H,1-15H2. The smallest absolute Gasteiger partial charge is 0.109 e. The van der Waals surface area contributed by atoms with Gasteiger partial charge in [0.05, 0.1) is 24.9 Å². The SMILES string of the molecule is OCC1OC(CNCC2CCC(F)CC2)C(N2CCN(C3CCCCN3)CC2)C1O. The number of ether oxygens (including phenoxy) is 1. The lowest BCUT2D eigenvalue weighted by Crippen LogP contribution is -2.61. The second kappa shape index (κ2) is 11.0. The lowest BCUT2D eigenvalue weighted by atomic mass is 9.88. The monoisotopic (exact) mass is 428 g/mol. The number of piperazine rings is 1. The third kappa shape index (κ3) is 5.52. The molecule has 8 heteroatoms. The van der Waals surface area contributed by atoms with Gasteiger partial charge in [-0.25, -0.2) is 4.39 Å². The highest BCUT2D eigenvalue weighted by molar-refractivity contribution is 4.99. The first-order valence-electron chi connectivity index (χ1n) is 12.2. The minimum atomic E-state index is -0.664. The molecule has 1 saturated carbocycles. The van der Waals surface area contributed by atoms with Crippen LogP contribution in [0.25, 0.3) is 0 Å². The number of piperidine rings is 1. The van der Waals surface area contributed by atoms with E-state index in [1.54, 1.807) is 0 Å². The summed E-state index contributed by atoms with van der Waals surface area (Å²) in [5.74, 6) is 0.530. The lowest BCUT2D eigenvalue weighted by Gasteiger charge is -2.44. The van der Waals surface area contributed by atoms with Crippen LogP contribution in [-0.4, -0.2) is 109 Å². The Morgan fingerprint density at radius 2 is 1.67 bits per heavy atom. The molecule has 4 rings (SSSR count). The summed E-state index contributed by atoms with van der Waals surface area (Å²) in [6.07, 6.45) is 5.61. The number of rotatable bonds is 7. The van der Waals surface area contributed by atoms with Crippen molar-refractivity contribution in [2.75, 3.05) is 52.4 Å². The molecule has 0 spiro atoms. The summed E-state index contributed by atoms with van der Waals surface area (Å²) in [4.78, 5) is 4.90. The average Bonchev–Trinajstić information content (AvgIpc) is 3.11. The third-order valence-corrected chi connectivity index (χ3v) is 7.69. The van der Waals surface area contributed by atoms with E-state index in [0.717, 1.165) is 52.1 Å². The molecule has 4 aliphatic rings. The molecule has 0 radical (unpaired) electrons. The summed E-state index contributed by atoms with van der Waals surface area (Å²) in [5, 5.41) is 27.7. The van der Waals surface area contributed by atoms with E-state index in [9.17, 15) is 14.6 Å². The Morgan fingerprint density at radius 1 is 0.933 bits per heavy atom. The minimum Gasteiger partial charge on any atom is -0.394 e. The number of hydrogen-bond donors (Lipinski definition) is 4. The Morgan fingerprint density at radius 3 is 2.33 bits per heavy atom. The largest absolute Gasteiger partial charge is 0.394 e. The normalized spacial score (nSPS) is 41.9. The number of halogens is 1. The summed E-state index contributed by atoms with van der Waals surface area (Å²) in [5.41, 5.74) is 0. The molecule has 0 amide bonds. The molecular formula is C22H41FN4O3. The van der Waals surface area contributed by atoms with Crippen LogP contribution in [0.2, 0.25) is 0 Å². The Bertz CT molecular complexity index is 509. The minimum absolute atomic E-state index is 0.0855. The van der Waals surface area contributed by atoms with Crippen molar-refractivity contribution in [3.8, 4) is 0 Å². The van der Waals surface area contributed by atoms with Crippen LogP contribution in [0.4, 0.5) is 4.39 Å². The van der Waals surface area contributed by atoms with E-state index in [-0.39, 0.29) is 18.8 Å². The van der Waals surface area contributed by atoms with Crippen LogP contribution in [0.15, 0.2) is 0 Å². The maximum Gasteiger partial charge on any atom is 0.109 e. The zero-order chi connectivity index (χ0) is 20.9. The van der Waals surface area contributed by atoms with E-state index in [0.29, 0.717) is 31.5 Å². The van der Waals surface area contributed by atoms with Gasteiger partial charge in [0.1, 0.15) is 18.4 Å². The van der Waals surface area contributed by atoms with Crippen LogP contribution in [0.5, 0.6) is 0 Å². The molecule has 3 saturated heterocycles. The molecule has 7 nitrogen and oxygen atoms in total. The van der Waals surface area contributed by atoms with Crippen LogP contribution < -0.4 is 10.6 Å². The van der Waals surface area contributed by atoms with Crippen molar-refractivity contribution in [3.05, 3.63) is 0 Å². The Hall–Kier alpha value is -0.350. The maximum atomic E-state index is 13.3. The van der Waals surface area contributed by atoms with E-state index < -0.39 is 18.4 Å². The Balaban J connectivity index is 1.27. The van der Waals surface area contributed by atoms with Gasteiger partial charge in [-0.3, -0.25) is 9.80 Å². The second-order valence-corrected chi connectivity index (χ2v) is 9.69. The predicted molar refractivity (Wildman–Crippen MR) is 114 cm³/mol. The van der Waals surface area contributed by atoms with Gasteiger partial charge in [-0.1, -0.05) is 0 Å². The number of hydrogen-bond acceptors (Lipinski definition) is 7. The molecule has 1 aliphatic carbocycles. The number of nitrogens with one attached hydrogen (secondary N) is 2. The van der Waals surface area contributed by atoms with Gasteiger partial charge in [0, 0.05) is 32.7 Å². The lowest BCUT2D eigenvalue weighted by molar-refractivity contribution is -0.0215. The maximum absolute atomic E-state index is 13.3. The van der Waals surface area contributed by atoms with Gasteiger partial charge in [0.15, 0.2) is 0 Å². The molecule has 3 aliphatic heterocycles. The summed E-state index contributed by atoms with van der Waals surface area (Å²) in [6, 6.07) is -0.0855. The number of nitrogens with zero attached hydrogens (tertiary/aromatic N) is 2. The van der Waals surface area contributed by atoms with Crippen LogP contribution in [-0.2, 0) is 4.74 Å². The molecule has 174 valence electrons. The van der Waals surface area contributed by atoms with E-state index in [4.69, 9.17) is 4.74 Å². The highest BCUT2D eigenvalue weighted by Gasteiger charge is 2.46. The summed E-state index contributed by atoms with van der Waals surface area (Å²) in [7, 11) is 0. The third-order valence-electron chi connectivity index (χ3n) is 7.69. The van der Waals surface area contributed by atoms with Crippen LogP contribution >= 0.6 is 0 Å². The fourth-order valence-corrected chi connectivity index (χ4v) is 5.84. The van der Waals surface area contributed by atoms with Crippen LogP contribution in [0.1, 0.15) is 44.9 Å². The van der Waals surface area contributed by atoms with Crippen molar-refractivity contribution >= 4 is 0 Å². The molecule has 5 atom stereocenters. The topological polar surface area (TPSA) is 80.2 Å². The highest BCUT2D eigenvalue weighted by atomic mass is 19.1. The van der Waals surface area contributed by atoms with Gasteiger partial charge in [0.25, 0.3) is 0 Å². The van der Waals surface area contributed by atoms with E-state index >= 15 is 0 Å². The Kier molecular flexibility index (Phi) is 8.36. The van der Waals surface area contributed by atoms with Crippen LogP contribution in [0, 0.1) is 5.92 Å². The van der Waals surface area contributed by atoms with Crippen molar-refractivity contribution in [1.82, 2.24) is 20.4 Å². The first-order valence-corrected chi connectivity index (χ1v) is 12.2. The van der Waals surface area contributed by atoms with Crippen molar-refractivity contribution in [1.29, 1.82) is 0 Å². The molecule has 30 heavy (non-hydrogen) atoms. The molecule has 0 bridgehead atoms. The fourth-order valence-electron chi connectivity index (χ4n) is 5.84. The molecule has 4 fully saturated rings. The molecular weight excluding hydrogens is 387 g/mol. The molecule has 0 aromatic carbocycles. The molecule has 4 N–H and O–H groups in total. The van der Waals surface area contributed by atoms with Crippen molar-refractivity contribution in [3.63, 3.8) is 0 Å². The quantitative estimate of drug-likeness (QED) is 0.465. The van der Waals surface area contributed by atoms with Gasteiger partial charge in [-0.15, -0.1) is 0 Å². The van der Waals surface area contributed by atoms with Gasteiger partial charge in [0.2, 0.25) is 0 Å². The fraction of sp³-hybridized carbons (Fsp3) is 1.00. The number of aliphatic hydroxyl groups excluding tert-OH is 2. The number of aliphatic hydroxyl groups is 2. The van der Waals surface area contributed by atoms with Gasteiger partial charge < -0.3 is 25.6 Å². The molecule has 3 heterocycles. The zero-order valence-electron chi connectivity index (χ0n) is 18.2. The Labute approximate surface area is 180 Å². The first kappa shape index (κ1) is 22.8.